The highest BCUT2D eigenvalue weighted by Crippen LogP contribution is 2.22. The molecule has 1 aliphatic heterocycles. The summed E-state index contributed by atoms with van der Waals surface area (Å²) in [6, 6.07) is 10.1. The Kier molecular flexibility index (Phi) is 3.72. The molecule has 0 aromatic heterocycles. The second kappa shape index (κ2) is 5.26. The minimum Gasteiger partial charge on any atom is -0.382 e. The van der Waals surface area contributed by atoms with Crippen molar-refractivity contribution in [2.75, 3.05) is 20.3 Å². The number of epoxide rings is 1. The molecule has 1 aromatic carbocycles. The second-order valence-electron chi connectivity index (χ2n) is 3.67. The van der Waals surface area contributed by atoms with E-state index in [9.17, 15) is 0 Å². The van der Waals surface area contributed by atoms with Crippen LogP contribution < -0.4 is 0 Å². The van der Waals surface area contributed by atoms with Gasteiger partial charge in [0.05, 0.1) is 19.8 Å². The fourth-order valence-corrected chi connectivity index (χ4v) is 1.50. The van der Waals surface area contributed by atoms with Gasteiger partial charge in [-0.15, -0.1) is 0 Å². The molecule has 1 aliphatic rings. The summed E-state index contributed by atoms with van der Waals surface area (Å²) in [4.78, 5) is 0. The summed E-state index contributed by atoms with van der Waals surface area (Å²) in [6.07, 6.45) is 0.472. The van der Waals surface area contributed by atoms with E-state index in [1.54, 1.807) is 7.11 Å². The Labute approximate surface area is 90.0 Å². The van der Waals surface area contributed by atoms with Gasteiger partial charge in [-0.2, -0.15) is 0 Å². The topological polar surface area (TPSA) is 31.0 Å². The molecule has 0 N–H and O–H groups in total. The molecule has 3 heteroatoms. The van der Waals surface area contributed by atoms with E-state index in [0.29, 0.717) is 19.8 Å². The molecule has 1 aromatic rings. The average molecular weight is 208 g/mol. The summed E-state index contributed by atoms with van der Waals surface area (Å²) in [5, 5.41) is 0. The Morgan fingerprint density at radius 2 is 1.87 bits per heavy atom. The molecule has 1 heterocycles. The normalized spacial score (nSPS) is 24.1. The first-order chi connectivity index (χ1) is 7.40. The predicted molar refractivity (Wildman–Crippen MR) is 56.6 cm³/mol. The summed E-state index contributed by atoms with van der Waals surface area (Å²) in [5.74, 6) is 0. The summed E-state index contributed by atoms with van der Waals surface area (Å²) >= 11 is 0. The zero-order chi connectivity index (χ0) is 10.5. The number of methoxy groups -OCH3 is 1. The van der Waals surface area contributed by atoms with Crippen molar-refractivity contribution in [3.63, 3.8) is 0 Å². The van der Waals surface area contributed by atoms with E-state index in [-0.39, 0.29) is 12.2 Å². The third-order valence-corrected chi connectivity index (χ3v) is 2.41. The highest BCUT2D eigenvalue weighted by Gasteiger charge is 2.38. The highest BCUT2D eigenvalue weighted by atomic mass is 16.6. The van der Waals surface area contributed by atoms with E-state index in [1.807, 2.05) is 18.2 Å². The molecule has 0 aliphatic carbocycles. The smallest absolute Gasteiger partial charge is 0.110 e. The van der Waals surface area contributed by atoms with Crippen molar-refractivity contribution in [2.45, 2.75) is 18.8 Å². The van der Waals surface area contributed by atoms with Crippen molar-refractivity contribution in [1.82, 2.24) is 0 Å². The van der Waals surface area contributed by atoms with Gasteiger partial charge in [0, 0.05) is 7.11 Å². The lowest BCUT2D eigenvalue weighted by molar-refractivity contribution is 0.104. The number of ether oxygens (including phenoxy) is 3. The van der Waals surface area contributed by atoms with Crippen molar-refractivity contribution in [1.29, 1.82) is 0 Å². The third-order valence-electron chi connectivity index (χ3n) is 2.41. The Morgan fingerprint density at radius 3 is 2.60 bits per heavy atom. The first-order valence-corrected chi connectivity index (χ1v) is 5.16. The van der Waals surface area contributed by atoms with E-state index in [2.05, 4.69) is 12.1 Å². The molecule has 15 heavy (non-hydrogen) atoms. The van der Waals surface area contributed by atoms with Crippen LogP contribution in [0.3, 0.4) is 0 Å². The second-order valence-corrected chi connectivity index (χ2v) is 3.67. The molecule has 1 saturated heterocycles. The Bertz CT molecular complexity index is 286. The molecule has 82 valence electrons. The maximum atomic E-state index is 5.54. The van der Waals surface area contributed by atoms with Gasteiger partial charge >= 0.3 is 0 Å². The molecular weight excluding hydrogens is 192 g/mol. The van der Waals surface area contributed by atoms with Crippen molar-refractivity contribution >= 4 is 0 Å². The maximum Gasteiger partial charge on any atom is 0.110 e. The summed E-state index contributed by atoms with van der Waals surface area (Å²) < 4.78 is 15.9. The number of hydrogen-bond acceptors (Lipinski definition) is 3. The Hall–Kier alpha value is -0.900. The van der Waals surface area contributed by atoms with E-state index in [1.165, 1.54) is 5.56 Å². The van der Waals surface area contributed by atoms with Crippen LogP contribution in [0.5, 0.6) is 0 Å². The van der Waals surface area contributed by atoms with Gasteiger partial charge in [0.15, 0.2) is 0 Å². The van der Waals surface area contributed by atoms with Crippen molar-refractivity contribution in [3.8, 4) is 0 Å². The van der Waals surface area contributed by atoms with Crippen LogP contribution in [0.25, 0.3) is 0 Å². The minimum absolute atomic E-state index is 0.230. The number of rotatable bonds is 6. The van der Waals surface area contributed by atoms with Crippen LogP contribution in [0, 0.1) is 0 Å². The van der Waals surface area contributed by atoms with Gasteiger partial charge in [-0.05, 0) is 5.56 Å². The molecule has 0 saturated carbocycles. The molecule has 0 unspecified atom stereocenters. The van der Waals surface area contributed by atoms with Crippen molar-refractivity contribution in [3.05, 3.63) is 35.9 Å². The predicted octanol–water partition coefficient (Wildman–Crippen LogP) is 1.62. The molecule has 0 bridgehead atoms. The standard InChI is InChI=1S/C12H16O3/c1-13-8-11-12(15-11)9-14-7-10-5-3-2-4-6-10/h2-6,11-12H,7-9H2,1H3/t11-,12+/m0/s1. The number of hydrogen-bond donors (Lipinski definition) is 0. The van der Waals surface area contributed by atoms with Crippen molar-refractivity contribution in [2.24, 2.45) is 0 Å². The number of benzene rings is 1. The van der Waals surface area contributed by atoms with Gasteiger partial charge < -0.3 is 14.2 Å². The van der Waals surface area contributed by atoms with Crippen LogP contribution >= 0.6 is 0 Å². The first-order valence-electron chi connectivity index (χ1n) is 5.16. The Morgan fingerprint density at radius 1 is 1.13 bits per heavy atom. The van der Waals surface area contributed by atoms with Gasteiger partial charge in [-0.1, -0.05) is 30.3 Å². The van der Waals surface area contributed by atoms with E-state index >= 15 is 0 Å². The van der Waals surface area contributed by atoms with Gasteiger partial charge in [-0.25, -0.2) is 0 Å². The van der Waals surface area contributed by atoms with Gasteiger partial charge in [-0.3, -0.25) is 0 Å². The SMILES string of the molecule is COC[C@@H]1O[C@@H]1COCc1ccccc1. The van der Waals surface area contributed by atoms with Crippen LogP contribution in [-0.2, 0) is 20.8 Å². The fourth-order valence-electron chi connectivity index (χ4n) is 1.50. The molecular formula is C12H16O3. The van der Waals surface area contributed by atoms with Crippen LogP contribution in [0.1, 0.15) is 5.56 Å². The molecule has 0 spiro atoms. The van der Waals surface area contributed by atoms with E-state index < -0.39 is 0 Å². The van der Waals surface area contributed by atoms with Crippen LogP contribution in [0.15, 0.2) is 30.3 Å². The zero-order valence-corrected chi connectivity index (χ0v) is 8.89. The highest BCUT2D eigenvalue weighted by molar-refractivity contribution is 5.13. The lowest BCUT2D eigenvalue weighted by atomic mass is 10.2. The zero-order valence-electron chi connectivity index (χ0n) is 8.89. The maximum absolute atomic E-state index is 5.54. The molecule has 2 rings (SSSR count). The van der Waals surface area contributed by atoms with Crippen LogP contribution in [-0.4, -0.2) is 32.5 Å². The molecule has 2 atom stereocenters. The molecule has 0 radical (unpaired) electrons. The quantitative estimate of drug-likeness (QED) is 0.665. The van der Waals surface area contributed by atoms with E-state index in [0.717, 1.165) is 0 Å². The largest absolute Gasteiger partial charge is 0.382 e. The molecule has 0 amide bonds. The van der Waals surface area contributed by atoms with Gasteiger partial charge in [0.25, 0.3) is 0 Å². The lowest BCUT2D eigenvalue weighted by Gasteiger charge is -2.01. The monoisotopic (exact) mass is 208 g/mol. The summed E-state index contributed by atoms with van der Waals surface area (Å²) in [7, 11) is 1.68. The molecule has 1 fully saturated rings. The fraction of sp³-hybridized carbons (Fsp3) is 0.500. The van der Waals surface area contributed by atoms with Gasteiger partial charge in [0.2, 0.25) is 0 Å². The Balaban J connectivity index is 1.60. The lowest BCUT2D eigenvalue weighted by Crippen LogP contribution is -2.08. The van der Waals surface area contributed by atoms with Gasteiger partial charge in [0.1, 0.15) is 12.2 Å². The minimum atomic E-state index is 0.230. The van der Waals surface area contributed by atoms with Crippen LogP contribution in [0.2, 0.25) is 0 Å². The van der Waals surface area contributed by atoms with Crippen molar-refractivity contribution < 1.29 is 14.2 Å². The van der Waals surface area contributed by atoms with E-state index in [4.69, 9.17) is 14.2 Å². The first kappa shape index (κ1) is 10.6. The third kappa shape index (κ3) is 3.30. The summed E-state index contributed by atoms with van der Waals surface area (Å²) in [5.41, 5.74) is 1.20. The summed E-state index contributed by atoms with van der Waals surface area (Å²) in [6.45, 7) is 1.97. The molecule has 3 nitrogen and oxygen atoms in total. The van der Waals surface area contributed by atoms with Crippen LogP contribution in [0.4, 0.5) is 0 Å². The average Bonchev–Trinajstić information content (AvgIpc) is 2.99.